The minimum atomic E-state index is -0.212. The largest absolute Gasteiger partial charge is 0.453 e. The highest BCUT2D eigenvalue weighted by Crippen LogP contribution is 2.46. The summed E-state index contributed by atoms with van der Waals surface area (Å²) in [4.78, 5) is 26.8. The molecule has 1 unspecified atom stereocenters. The van der Waals surface area contributed by atoms with Crippen LogP contribution in [0.1, 0.15) is 41.6 Å². The number of nitrogens with zero attached hydrogens (tertiary/aromatic N) is 1. The normalized spacial score (nSPS) is 19.4. The molecule has 2 aromatic rings. The molecule has 2 N–H and O–H groups in total. The fraction of sp³-hybridized carbons (Fsp3) is 0.391. The van der Waals surface area contributed by atoms with Crippen molar-refractivity contribution in [2.24, 2.45) is 11.8 Å². The minimum absolute atomic E-state index is 0.0759. The van der Waals surface area contributed by atoms with Crippen LogP contribution in [-0.4, -0.2) is 41.5 Å². The number of carbonyl (C=O) groups excluding carboxylic acids is 2. The van der Waals surface area contributed by atoms with Crippen LogP contribution in [0.5, 0.6) is 0 Å². The average Bonchev–Trinajstić information content (AvgIpc) is 3.21. The van der Waals surface area contributed by atoms with E-state index in [1.165, 1.54) is 0 Å². The van der Waals surface area contributed by atoms with Gasteiger partial charge in [0.05, 0.1) is 5.92 Å². The summed E-state index contributed by atoms with van der Waals surface area (Å²) < 4.78 is 5.34. The molecule has 1 aromatic carbocycles. The van der Waals surface area contributed by atoms with Gasteiger partial charge in [-0.2, -0.15) is 0 Å². The molecule has 2 heterocycles. The highest BCUT2D eigenvalue weighted by atomic mass is 16.4. The molecule has 2 amide bonds. The maximum Gasteiger partial charge on any atom is 0.289 e. The second-order valence-electron chi connectivity index (χ2n) is 7.80. The molecule has 0 bridgehead atoms. The van der Waals surface area contributed by atoms with Crippen LogP contribution in [0.3, 0.4) is 0 Å². The smallest absolute Gasteiger partial charge is 0.289 e. The first kappa shape index (κ1) is 19.5. The van der Waals surface area contributed by atoms with Crippen molar-refractivity contribution < 1.29 is 19.1 Å². The highest BCUT2D eigenvalue weighted by Gasteiger charge is 2.40. The zero-order valence-electron chi connectivity index (χ0n) is 16.6. The Morgan fingerprint density at radius 1 is 1.14 bits per heavy atom. The first-order valence-electron chi connectivity index (χ1n) is 10.1. The number of benzene rings is 1. The molecule has 1 saturated heterocycles. The molecule has 152 valence electrons. The van der Waals surface area contributed by atoms with E-state index in [-0.39, 0.29) is 30.1 Å². The van der Waals surface area contributed by atoms with Gasteiger partial charge in [-0.3, -0.25) is 9.59 Å². The van der Waals surface area contributed by atoms with Gasteiger partial charge in [-0.1, -0.05) is 35.9 Å². The lowest BCUT2D eigenvalue weighted by molar-refractivity contribution is -0.121. The van der Waals surface area contributed by atoms with Gasteiger partial charge in [-0.15, -0.1) is 0 Å². The maximum absolute atomic E-state index is 12.6. The molecule has 1 aliphatic carbocycles. The lowest BCUT2D eigenvalue weighted by atomic mass is 9.96. The molecule has 1 aromatic heterocycles. The van der Waals surface area contributed by atoms with Crippen LogP contribution in [0.2, 0.25) is 0 Å². The van der Waals surface area contributed by atoms with Crippen LogP contribution in [0, 0.1) is 11.8 Å². The van der Waals surface area contributed by atoms with Crippen LogP contribution in [-0.2, 0) is 11.4 Å². The van der Waals surface area contributed by atoms with Gasteiger partial charge >= 0.3 is 0 Å². The number of hydrogen-bond donors (Lipinski definition) is 2. The molecule has 6 heteroatoms. The maximum atomic E-state index is 12.6. The van der Waals surface area contributed by atoms with E-state index in [9.17, 15) is 9.59 Å². The van der Waals surface area contributed by atoms with Crippen molar-refractivity contribution in [3.8, 4) is 0 Å². The van der Waals surface area contributed by atoms with Gasteiger partial charge in [0, 0.05) is 19.6 Å². The van der Waals surface area contributed by atoms with E-state index in [2.05, 4.69) is 5.32 Å². The van der Waals surface area contributed by atoms with Crippen molar-refractivity contribution in [3.63, 3.8) is 0 Å². The van der Waals surface area contributed by atoms with Crippen molar-refractivity contribution in [1.82, 2.24) is 10.2 Å². The van der Waals surface area contributed by atoms with E-state index in [0.29, 0.717) is 31.3 Å². The number of aliphatic hydroxyl groups is 1. The molecular formula is C23H26N2O4. The molecule has 4 rings (SSSR count). The number of nitrogens with one attached hydrogen (secondary N) is 1. The molecule has 2 aliphatic rings. The average molecular weight is 394 g/mol. The van der Waals surface area contributed by atoms with Crippen molar-refractivity contribution in [3.05, 3.63) is 65.1 Å². The monoisotopic (exact) mass is 394 g/mol. The zero-order valence-corrected chi connectivity index (χ0v) is 16.6. The summed E-state index contributed by atoms with van der Waals surface area (Å²) >= 11 is 0. The van der Waals surface area contributed by atoms with Gasteiger partial charge in [0.15, 0.2) is 5.76 Å². The van der Waals surface area contributed by atoms with Crippen molar-refractivity contribution in [1.29, 1.82) is 0 Å². The molecule has 1 aliphatic heterocycles. The summed E-state index contributed by atoms with van der Waals surface area (Å²) in [5.74, 6) is 0.865. The second-order valence-corrected chi connectivity index (χ2v) is 7.80. The predicted molar refractivity (Wildman–Crippen MR) is 109 cm³/mol. The third-order valence-corrected chi connectivity index (χ3v) is 5.91. The number of carbonyl (C=O) groups is 2. The van der Waals surface area contributed by atoms with Gasteiger partial charge in [0.1, 0.15) is 12.4 Å². The topological polar surface area (TPSA) is 82.8 Å². The lowest BCUT2D eigenvalue weighted by Crippen LogP contribution is -2.41. The SMILES string of the molecule is CC1=C(c2ccccc2)C1C(=O)NCC1CCN(C(=O)c2ccc(CO)o2)CC1. The summed E-state index contributed by atoms with van der Waals surface area (Å²) in [6.45, 7) is 3.74. The van der Waals surface area contributed by atoms with Gasteiger partial charge < -0.3 is 19.7 Å². The first-order chi connectivity index (χ1) is 14.1. The fourth-order valence-electron chi connectivity index (χ4n) is 4.09. The lowest BCUT2D eigenvalue weighted by Gasteiger charge is -2.31. The van der Waals surface area contributed by atoms with E-state index < -0.39 is 0 Å². The molecule has 29 heavy (non-hydrogen) atoms. The Morgan fingerprint density at radius 2 is 1.86 bits per heavy atom. The standard InChI is InChI=1S/C23H26N2O4/c1-15-20(17-5-3-2-4-6-17)21(15)22(27)24-13-16-9-11-25(12-10-16)23(28)19-8-7-18(14-26)29-19/h2-8,16,21,26H,9-14H2,1H3,(H,24,27). The molecule has 1 atom stereocenters. The number of furan rings is 1. The summed E-state index contributed by atoms with van der Waals surface area (Å²) in [5, 5.41) is 12.2. The van der Waals surface area contributed by atoms with E-state index >= 15 is 0 Å². The Labute approximate surface area is 170 Å². The van der Waals surface area contributed by atoms with Crippen molar-refractivity contribution in [2.45, 2.75) is 26.4 Å². The van der Waals surface area contributed by atoms with E-state index in [0.717, 1.165) is 29.6 Å². The quantitative estimate of drug-likeness (QED) is 0.789. The molecular weight excluding hydrogens is 368 g/mol. The van der Waals surface area contributed by atoms with Gasteiger partial charge in [0.2, 0.25) is 5.91 Å². The summed E-state index contributed by atoms with van der Waals surface area (Å²) in [6, 6.07) is 13.3. The predicted octanol–water partition coefficient (Wildman–Crippen LogP) is 2.84. The number of rotatable bonds is 6. The van der Waals surface area contributed by atoms with E-state index in [1.807, 2.05) is 37.3 Å². The zero-order chi connectivity index (χ0) is 20.4. The van der Waals surface area contributed by atoms with Crippen LogP contribution in [0.25, 0.3) is 5.57 Å². The highest BCUT2D eigenvalue weighted by molar-refractivity contribution is 6.05. The van der Waals surface area contributed by atoms with Gasteiger partial charge in [-0.05, 0) is 49.0 Å². The second kappa shape index (κ2) is 8.25. The molecule has 6 nitrogen and oxygen atoms in total. The fourth-order valence-corrected chi connectivity index (χ4v) is 4.09. The number of likely N-dealkylation sites (tertiary alicyclic amines) is 1. The number of piperidine rings is 1. The van der Waals surface area contributed by atoms with Crippen LogP contribution in [0.15, 0.2) is 52.5 Å². The summed E-state index contributed by atoms with van der Waals surface area (Å²) in [7, 11) is 0. The Kier molecular flexibility index (Phi) is 5.53. The van der Waals surface area contributed by atoms with E-state index in [4.69, 9.17) is 9.52 Å². The van der Waals surface area contributed by atoms with Crippen LogP contribution < -0.4 is 5.32 Å². The van der Waals surface area contributed by atoms with Crippen LogP contribution >= 0.6 is 0 Å². The number of amides is 2. The third-order valence-electron chi connectivity index (χ3n) is 5.91. The Balaban J connectivity index is 1.22. The van der Waals surface area contributed by atoms with Crippen LogP contribution in [0.4, 0.5) is 0 Å². The van der Waals surface area contributed by atoms with Gasteiger partial charge in [0.25, 0.3) is 5.91 Å². The third kappa shape index (κ3) is 4.12. The first-order valence-corrected chi connectivity index (χ1v) is 10.1. The molecule has 0 spiro atoms. The Bertz CT molecular complexity index is 923. The number of aliphatic hydroxyl groups excluding tert-OH is 1. The van der Waals surface area contributed by atoms with Crippen molar-refractivity contribution >= 4 is 17.4 Å². The van der Waals surface area contributed by atoms with Crippen molar-refractivity contribution in [2.75, 3.05) is 19.6 Å². The minimum Gasteiger partial charge on any atom is -0.453 e. The Hall–Kier alpha value is -2.86. The van der Waals surface area contributed by atoms with Gasteiger partial charge in [-0.25, -0.2) is 0 Å². The number of hydrogen-bond acceptors (Lipinski definition) is 4. The molecule has 0 saturated carbocycles. The Morgan fingerprint density at radius 3 is 2.52 bits per heavy atom. The molecule has 0 radical (unpaired) electrons. The summed E-state index contributed by atoms with van der Waals surface area (Å²) in [5.41, 5.74) is 3.42. The molecule has 1 fully saturated rings. The summed E-state index contributed by atoms with van der Waals surface area (Å²) in [6.07, 6.45) is 1.70. The van der Waals surface area contributed by atoms with E-state index in [1.54, 1.807) is 17.0 Å².